The maximum absolute atomic E-state index is 6.46. The van der Waals surface area contributed by atoms with Crippen molar-refractivity contribution in [2.45, 2.75) is 0 Å². The molecule has 11 aromatic rings. The second-order valence-corrected chi connectivity index (χ2v) is 15.1. The molecule has 0 saturated heterocycles. The number of nitrogens with zero attached hydrogens (tertiary/aromatic N) is 3. The lowest BCUT2D eigenvalue weighted by atomic mass is 9.93. The number of hydrogen-bond donors (Lipinski definition) is 0. The summed E-state index contributed by atoms with van der Waals surface area (Å²) in [5.41, 5.74) is 11.6. The highest BCUT2D eigenvalue weighted by Gasteiger charge is 2.18. The molecular formula is C51H31N3OS. The predicted octanol–water partition coefficient (Wildman–Crippen LogP) is 14.1. The van der Waals surface area contributed by atoms with Crippen LogP contribution in [-0.4, -0.2) is 15.0 Å². The molecule has 0 atom stereocenters. The summed E-state index contributed by atoms with van der Waals surface area (Å²) >= 11 is 1.79. The van der Waals surface area contributed by atoms with E-state index in [1.165, 1.54) is 25.7 Å². The van der Waals surface area contributed by atoms with Gasteiger partial charge in [-0.15, -0.1) is 11.3 Å². The second kappa shape index (κ2) is 13.3. The van der Waals surface area contributed by atoms with E-state index in [2.05, 4.69) is 140 Å². The van der Waals surface area contributed by atoms with Crippen LogP contribution in [0.25, 0.3) is 110 Å². The van der Waals surface area contributed by atoms with Crippen molar-refractivity contribution in [3.05, 3.63) is 188 Å². The van der Waals surface area contributed by atoms with Crippen molar-refractivity contribution in [2.24, 2.45) is 0 Å². The Kier molecular flexibility index (Phi) is 7.64. The smallest absolute Gasteiger partial charge is 0.164 e. The lowest BCUT2D eigenvalue weighted by molar-refractivity contribution is 0.669. The molecule has 56 heavy (non-hydrogen) atoms. The molecule has 4 nitrogen and oxygen atoms in total. The lowest BCUT2D eigenvalue weighted by Crippen LogP contribution is -2.00. The SMILES string of the molecule is c1ccc(-c2ccc(-c3nc(-c4ccccc4)nc(-c4ccc5c(c4)sc4ccc(-c6cc(-c7ccccc7)cc7oc8ccccc8c67)cc45)n3)cc2)cc1. The van der Waals surface area contributed by atoms with Gasteiger partial charge in [-0.2, -0.15) is 0 Å². The van der Waals surface area contributed by atoms with Crippen molar-refractivity contribution in [2.75, 3.05) is 0 Å². The molecule has 0 amide bonds. The van der Waals surface area contributed by atoms with Crippen LogP contribution < -0.4 is 0 Å². The van der Waals surface area contributed by atoms with Gasteiger partial charge in [0.2, 0.25) is 0 Å². The summed E-state index contributed by atoms with van der Waals surface area (Å²) in [4.78, 5) is 15.1. The standard InChI is InChI=1S/C51H31N3OS/c1-4-12-32(13-5-1)34-20-22-36(23-21-34)50-52-49(35-16-8-3-9-17-35)53-51(54-50)38-24-26-40-43-28-37(25-27-46(43)56-47(40)31-38)42-29-39(33-14-6-2-7-15-33)30-45-48(42)41-18-10-11-19-44(41)55-45/h1-31H. The van der Waals surface area contributed by atoms with E-state index in [0.717, 1.165) is 66.4 Å². The fraction of sp³-hybridized carbons (Fsp3) is 0. The van der Waals surface area contributed by atoms with E-state index >= 15 is 0 Å². The zero-order chi connectivity index (χ0) is 37.0. The van der Waals surface area contributed by atoms with Crippen LogP contribution in [0.4, 0.5) is 0 Å². The summed E-state index contributed by atoms with van der Waals surface area (Å²) < 4.78 is 8.87. The van der Waals surface area contributed by atoms with Crippen LogP contribution in [0.15, 0.2) is 192 Å². The first-order valence-corrected chi connectivity index (χ1v) is 19.5. The summed E-state index contributed by atoms with van der Waals surface area (Å²) in [5, 5.41) is 4.68. The molecule has 0 saturated carbocycles. The van der Waals surface area contributed by atoms with Gasteiger partial charge in [-0.1, -0.05) is 152 Å². The Morgan fingerprint density at radius 2 is 0.857 bits per heavy atom. The first-order chi connectivity index (χ1) is 27.7. The lowest BCUT2D eigenvalue weighted by Gasteiger charge is -2.10. The molecule has 0 bridgehead atoms. The fourth-order valence-electron chi connectivity index (χ4n) is 7.76. The van der Waals surface area contributed by atoms with Gasteiger partial charge in [0, 0.05) is 47.6 Å². The Bertz CT molecular complexity index is 3230. The molecule has 0 unspecified atom stereocenters. The topological polar surface area (TPSA) is 51.8 Å². The van der Waals surface area contributed by atoms with Crippen molar-refractivity contribution in [3.63, 3.8) is 0 Å². The van der Waals surface area contributed by atoms with Gasteiger partial charge in [0.05, 0.1) is 0 Å². The number of fused-ring (bicyclic) bond motifs is 6. The van der Waals surface area contributed by atoms with Gasteiger partial charge >= 0.3 is 0 Å². The van der Waals surface area contributed by atoms with Crippen molar-refractivity contribution in [1.29, 1.82) is 0 Å². The maximum atomic E-state index is 6.46. The van der Waals surface area contributed by atoms with E-state index in [0.29, 0.717) is 17.5 Å². The molecule has 3 heterocycles. The van der Waals surface area contributed by atoms with E-state index in [4.69, 9.17) is 19.4 Å². The predicted molar refractivity (Wildman–Crippen MR) is 233 cm³/mol. The largest absolute Gasteiger partial charge is 0.456 e. The number of thiophene rings is 1. The minimum atomic E-state index is 0.644. The molecular weight excluding hydrogens is 703 g/mol. The van der Waals surface area contributed by atoms with Crippen LogP contribution in [0.5, 0.6) is 0 Å². The zero-order valence-corrected chi connectivity index (χ0v) is 30.9. The van der Waals surface area contributed by atoms with Crippen molar-refractivity contribution < 1.29 is 4.42 Å². The average molecular weight is 734 g/mol. The van der Waals surface area contributed by atoms with E-state index in [-0.39, 0.29) is 0 Å². The minimum absolute atomic E-state index is 0.644. The Labute approximate surface area is 327 Å². The van der Waals surface area contributed by atoms with Gasteiger partial charge in [0.25, 0.3) is 0 Å². The van der Waals surface area contributed by atoms with E-state index in [9.17, 15) is 0 Å². The highest BCUT2D eigenvalue weighted by molar-refractivity contribution is 7.25. The summed E-state index contributed by atoms with van der Waals surface area (Å²) in [5.74, 6) is 1.94. The number of para-hydroxylation sites is 1. The minimum Gasteiger partial charge on any atom is -0.456 e. The third kappa shape index (κ3) is 5.65. The molecule has 5 heteroatoms. The van der Waals surface area contributed by atoms with Crippen LogP contribution in [-0.2, 0) is 0 Å². The number of benzene rings is 8. The molecule has 11 rings (SSSR count). The van der Waals surface area contributed by atoms with Crippen LogP contribution in [0.1, 0.15) is 0 Å². The Hall–Kier alpha value is -7.21. The maximum Gasteiger partial charge on any atom is 0.164 e. The van der Waals surface area contributed by atoms with Crippen molar-refractivity contribution in [1.82, 2.24) is 15.0 Å². The van der Waals surface area contributed by atoms with Gasteiger partial charge in [-0.25, -0.2) is 15.0 Å². The van der Waals surface area contributed by atoms with E-state index < -0.39 is 0 Å². The molecule has 262 valence electrons. The first kappa shape index (κ1) is 32.2. The highest BCUT2D eigenvalue weighted by Crippen LogP contribution is 2.43. The van der Waals surface area contributed by atoms with Gasteiger partial charge in [0.1, 0.15) is 11.2 Å². The molecule has 0 aliphatic rings. The summed E-state index contributed by atoms with van der Waals surface area (Å²) in [6, 6.07) is 65.7. The number of aromatic nitrogens is 3. The van der Waals surface area contributed by atoms with Crippen molar-refractivity contribution in [3.8, 4) is 67.5 Å². The quantitative estimate of drug-likeness (QED) is 0.171. The summed E-state index contributed by atoms with van der Waals surface area (Å²) in [6.45, 7) is 0. The van der Waals surface area contributed by atoms with Crippen LogP contribution in [0.2, 0.25) is 0 Å². The van der Waals surface area contributed by atoms with Crippen LogP contribution in [0.3, 0.4) is 0 Å². The molecule has 0 N–H and O–H groups in total. The molecule has 0 spiro atoms. The molecule has 0 aliphatic heterocycles. The molecule has 0 aliphatic carbocycles. The summed E-state index contributed by atoms with van der Waals surface area (Å²) in [7, 11) is 0. The van der Waals surface area contributed by atoms with Crippen LogP contribution in [0, 0.1) is 0 Å². The van der Waals surface area contributed by atoms with Crippen molar-refractivity contribution >= 4 is 53.4 Å². The zero-order valence-electron chi connectivity index (χ0n) is 30.1. The molecule has 0 fully saturated rings. The molecule has 3 aromatic heterocycles. The van der Waals surface area contributed by atoms with E-state index in [1.54, 1.807) is 11.3 Å². The Balaban J connectivity index is 1.03. The number of furan rings is 1. The number of hydrogen-bond acceptors (Lipinski definition) is 5. The Morgan fingerprint density at radius 3 is 1.57 bits per heavy atom. The molecule has 0 radical (unpaired) electrons. The third-order valence-electron chi connectivity index (χ3n) is 10.5. The van der Waals surface area contributed by atoms with Gasteiger partial charge in [-0.3, -0.25) is 0 Å². The number of rotatable bonds is 6. The second-order valence-electron chi connectivity index (χ2n) is 14.0. The average Bonchev–Trinajstić information content (AvgIpc) is 3.84. The Morgan fingerprint density at radius 1 is 0.321 bits per heavy atom. The van der Waals surface area contributed by atoms with Gasteiger partial charge in [-0.05, 0) is 69.8 Å². The summed E-state index contributed by atoms with van der Waals surface area (Å²) in [6.07, 6.45) is 0. The monoisotopic (exact) mass is 733 g/mol. The highest BCUT2D eigenvalue weighted by atomic mass is 32.1. The van der Waals surface area contributed by atoms with Crippen LogP contribution >= 0.6 is 11.3 Å². The van der Waals surface area contributed by atoms with E-state index in [1.807, 2.05) is 48.5 Å². The van der Waals surface area contributed by atoms with Gasteiger partial charge in [0.15, 0.2) is 17.5 Å². The third-order valence-corrected chi connectivity index (χ3v) is 11.7. The normalized spacial score (nSPS) is 11.6. The fourth-order valence-corrected chi connectivity index (χ4v) is 8.88. The first-order valence-electron chi connectivity index (χ1n) is 18.7. The molecule has 8 aromatic carbocycles. The van der Waals surface area contributed by atoms with Gasteiger partial charge < -0.3 is 4.42 Å².